The van der Waals surface area contributed by atoms with Gasteiger partial charge in [0, 0.05) is 6.07 Å². The highest BCUT2D eigenvalue weighted by atomic mass is 32.2. The second kappa shape index (κ2) is 10.9. The number of tetrazole rings is 1. The number of allylic oxidation sites excluding steroid dienone is 1. The number of hydrogen-bond donors (Lipinski definition) is 1. The van der Waals surface area contributed by atoms with Crippen molar-refractivity contribution in [2.45, 2.75) is 11.7 Å². The van der Waals surface area contributed by atoms with Gasteiger partial charge in [0.15, 0.2) is 0 Å². The molecule has 1 amide bonds. The summed E-state index contributed by atoms with van der Waals surface area (Å²) in [5.41, 5.74) is 0. The lowest BCUT2D eigenvalue weighted by molar-refractivity contribution is -0.118. The number of carbonyl (C=O) groups excluding carboxylic acids is 1. The zero-order valence-corrected chi connectivity index (χ0v) is 16.5. The zero-order chi connectivity index (χ0) is 20.3. The quantitative estimate of drug-likeness (QED) is 0.295. The largest absolute Gasteiger partial charge is 0.492 e. The van der Waals surface area contributed by atoms with Crippen molar-refractivity contribution >= 4 is 17.7 Å². The normalized spacial score (nSPS) is 10.3. The smallest absolute Gasteiger partial charge is 0.230 e. The maximum Gasteiger partial charge on any atom is 0.230 e. The molecule has 0 saturated heterocycles. The highest BCUT2D eigenvalue weighted by Crippen LogP contribution is 2.24. The lowest BCUT2D eigenvalue weighted by atomic mass is 10.3. The summed E-state index contributed by atoms with van der Waals surface area (Å²) in [6.45, 7) is 4.88. The fourth-order valence-electron chi connectivity index (χ4n) is 2.33. The Labute approximate surface area is 172 Å². The molecule has 1 aromatic heterocycles. The Kier molecular flexibility index (Phi) is 7.64. The van der Waals surface area contributed by atoms with Gasteiger partial charge in [-0.1, -0.05) is 42.1 Å². The first-order valence-corrected chi connectivity index (χ1v) is 9.95. The minimum absolute atomic E-state index is 0.118. The molecule has 0 aliphatic rings. The standard InChI is InChI=1S/C20H21N5O3S/c1-2-12-25-20(22-23-24-25)29-15-19(26)21-11-13-27-17-9-6-10-18(14-17)28-16-7-4-3-5-8-16/h2-10,14H,1,11-13,15H2,(H,21,26). The van der Waals surface area contributed by atoms with E-state index >= 15 is 0 Å². The molecule has 0 aliphatic carbocycles. The van der Waals surface area contributed by atoms with E-state index in [1.807, 2.05) is 54.6 Å². The molecule has 0 fully saturated rings. The molecule has 8 nitrogen and oxygen atoms in total. The van der Waals surface area contributed by atoms with Crippen molar-refractivity contribution in [3.05, 3.63) is 67.3 Å². The molecule has 1 N–H and O–H groups in total. The van der Waals surface area contributed by atoms with Crippen LogP contribution in [-0.4, -0.2) is 45.0 Å². The number of nitrogens with zero attached hydrogens (tertiary/aromatic N) is 4. The van der Waals surface area contributed by atoms with E-state index in [0.29, 0.717) is 36.4 Å². The Bertz CT molecular complexity index is 933. The lowest BCUT2D eigenvalue weighted by Gasteiger charge is -2.10. The van der Waals surface area contributed by atoms with Crippen LogP contribution in [0.1, 0.15) is 0 Å². The number of benzene rings is 2. The number of thioether (sulfide) groups is 1. The predicted octanol–water partition coefficient (Wildman–Crippen LogP) is 2.94. The van der Waals surface area contributed by atoms with Crippen LogP contribution < -0.4 is 14.8 Å². The van der Waals surface area contributed by atoms with E-state index in [9.17, 15) is 4.79 Å². The van der Waals surface area contributed by atoms with Gasteiger partial charge < -0.3 is 14.8 Å². The number of hydrogen-bond acceptors (Lipinski definition) is 7. The van der Waals surface area contributed by atoms with Gasteiger partial charge in [-0.2, -0.15) is 0 Å². The number of carbonyl (C=O) groups is 1. The number of para-hydroxylation sites is 1. The monoisotopic (exact) mass is 411 g/mol. The third-order valence-corrected chi connectivity index (χ3v) is 4.57. The first-order chi connectivity index (χ1) is 14.2. The average Bonchev–Trinajstić information content (AvgIpc) is 3.18. The van der Waals surface area contributed by atoms with Gasteiger partial charge in [-0.05, 0) is 34.7 Å². The van der Waals surface area contributed by atoms with Crippen LogP contribution in [0, 0.1) is 0 Å². The number of nitrogens with one attached hydrogen (secondary N) is 1. The molecule has 0 spiro atoms. The second-order valence-electron chi connectivity index (χ2n) is 5.81. The molecule has 0 unspecified atom stereocenters. The number of amides is 1. The van der Waals surface area contributed by atoms with Gasteiger partial charge in [0.1, 0.15) is 23.9 Å². The Balaban J connectivity index is 1.37. The van der Waals surface area contributed by atoms with Crippen molar-refractivity contribution in [2.24, 2.45) is 0 Å². The van der Waals surface area contributed by atoms with Gasteiger partial charge in [0.2, 0.25) is 11.1 Å². The molecular formula is C20H21N5O3S. The molecule has 29 heavy (non-hydrogen) atoms. The van der Waals surface area contributed by atoms with Gasteiger partial charge in [0.05, 0.1) is 18.8 Å². The van der Waals surface area contributed by atoms with Crippen molar-refractivity contribution < 1.29 is 14.3 Å². The molecule has 2 aromatic carbocycles. The van der Waals surface area contributed by atoms with Crippen LogP contribution in [0.15, 0.2) is 72.4 Å². The summed E-state index contributed by atoms with van der Waals surface area (Å²) < 4.78 is 13.1. The molecule has 0 atom stereocenters. The van der Waals surface area contributed by atoms with E-state index in [0.717, 1.165) is 5.75 Å². The molecule has 0 radical (unpaired) electrons. The first-order valence-electron chi connectivity index (χ1n) is 8.97. The van der Waals surface area contributed by atoms with E-state index in [-0.39, 0.29) is 11.7 Å². The predicted molar refractivity (Wildman–Crippen MR) is 110 cm³/mol. The van der Waals surface area contributed by atoms with Crippen LogP contribution in [-0.2, 0) is 11.3 Å². The van der Waals surface area contributed by atoms with Crippen LogP contribution in [0.4, 0.5) is 0 Å². The molecule has 0 aliphatic heterocycles. The summed E-state index contributed by atoms with van der Waals surface area (Å²) in [6.07, 6.45) is 1.69. The van der Waals surface area contributed by atoms with Gasteiger partial charge in [-0.3, -0.25) is 4.79 Å². The third-order valence-electron chi connectivity index (χ3n) is 3.61. The first kappa shape index (κ1) is 20.4. The summed E-state index contributed by atoms with van der Waals surface area (Å²) in [6, 6.07) is 16.9. The number of ether oxygens (including phenoxy) is 2. The molecule has 3 aromatic rings. The van der Waals surface area contributed by atoms with Crippen molar-refractivity contribution in [2.75, 3.05) is 18.9 Å². The van der Waals surface area contributed by atoms with Gasteiger partial charge in [-0.15, -0.1) is 11.7 Å². The average molecular weight is 411 g/mol. The van der Waals surface area contributed by atoms with Crippen molar-refractivity contribution in [3.63, 3.8) is 0 Å². The van der Waals surface area contributed by atoms with Crippen molar-refractivity contribution in [1.29, 1.82) is 0 Å². The van der Waals surface area contributed by atoms with E-state index < -0.39 is 0 Å². The van der Waals surface area contributed by atoms with E-state index in [1.54, 1.807) is 10.8 Å². The lowest BCUT2D eigenvalue weighted by Crippen LogP contribution is -2.29. The van der Waals surface area contributed by atoms with Crippen LogP contribution in [0.25, 0.3) is 0 Å². The maximum atomic E-state index is 12.0. The van der Waals surface area contributed by atoms with Crippen LogP contribution in [0.2, 0.25) is 0 Å². The highest BCUT2D eigenvalue weighted by Gasteiger charge is 2.09. The summed E-state index contributed by atoms with van der Waals surface area (Å²) in [5, 5.41) is 14.7. The molecule has 0 bridgehead atoms. The SMILES string of the molecule is C=CCn1nnnc1SCC(=O)NCCOc1cccc(Oc2ccccc2)c1. The van der Waals surface area contributed by atoms with Crippen LogP contribution in [0.3, 0.4) is 0 Å². The summed E-state index contributed by atoms with van der Waals surface area (Å²) in [4.78, 5) is 12.0. The Morgan fingerprint density at radius 1 is 1.14 bits per heavy atom. The fourth-order valence-corrected chi connectivity index (χ4v) is 3.05. The Hall–Kier alpha value is -3.33. The van der Waals surface area contributed by atoms with Crippen LogP contribution in [0.5, 0.6) is 17.2 Å². The van der Waals surface area contributed by atoms with Gasteiger partial charge in [-0.25, -0.2) is 4.68 Å². The zero-order valence-electron chi connectivity index (χ0n) is 15.7. The minimum atomic E-state index is -0.118. The molecule has 150 valence electrons. The van der Waals surface area contributed by atoms with Crippen molar-refractivity contribution in [3.8, 4) is 17.2 Å². The molecule has 0 saturated carbocycles. The summed E-state index contributed by atoms with van der Waals surface area (Å²) in [5.74, 6) is 2.22. The molecule has 9 heteroatoms. The topological polar surface area (TPSA) is 91.2 Å². The van der Waals surface area contributed by atoms with E-state index in [4.69, 9.17) is 9.47 Å². The number of aromatic nitrogens is 4. The highest BCUT2D eigenvalue weighted by molar-refractivity contribution is 7.99. The van der Waals surface area contributed by atoms with Gasteiger partial charge >= 0.3 is 0 Å². The minimum Gasteiger partial charge on any atom is -0.492 e. The Morgan fingerprint density at radius 3 is 2.76 bits per heavy atom. The maximum absolute atomic E-state index is 12.0. The molecular weight excluding hydrogens is 390 g/mol. The third kappa shape index (κ3) is 6.65. The van der Waals surface area contributed by atoms with Gasteiger partial charge in [0.25, 0.3) is 0 Å². The molecule has 3 rings (SSSR count). The Morgan fingerprint density at radius 2 is 1.93 bits per heavy atom. The second-order valence-corrected chi connectivity index (χ2v) is 6.75. The van der Waals surface area contributed by atoms with Crippen LogP contribution >= 0.6 is 11.8 Å². The summed E-state index contributed by atoms with van der Waals surface area (Å²) in [7, 11) is 0. The van der Waals surface area contributed by atoms with E-state index in [1.165, 1.54) is 11.8 Å². The summed E-state index contributed by atoms with van der Waals surface area (Å²) >= 11 is 1.27. The molecule has 1 heterocycles. The fraction of sp³-hybridized carbons (Fsp3) is 0.200. The van der Waals surface area contributed by atoms with Crippen molar-refractivity contribution in [1.82, 2.24) is 25.5 Å². The number of rotatable bonds is 11. The van der Waals surface area contributed by atoms with E-state index in [2.05, 4.69) is 27.4 Å².